The fourth-order valence-electron chi connectivity index (χ4n) is 2.60. The van der Waals surface area contributed by atoms with E-state index in [0.717, 1.165) is 22.7 Å². The monoisotopic (exact) mass is 364 g/mol. The number of amides is 2. The van der Waals surface area contributed by atoms with Crippen LogP contribution in [-0.4, -0.2) is 28.5 Å². The summed E-state index contributed by atoms with van der Waals surface area (Å²) in [5.41, 5.74) is 2.80. The summed E-state index contributed by atoms with van der Waals surface area (Å²) in [6, 6.07) is 17.0. The van der Waals surface area contributed by atoms with Gasteiger partial charge in [-0.1, -0.05) is 18.2 Å². The van der Waals surface area contributed by atoms with Gasteiger partial charge in [-0.15, -0.1) is 0 Å². The van der Waals surface area contributed by atoms with Crippen LogP contribution < -0.4 is 15.4 Å². The van der Waals surface area contributed by atoms with Crippen LogP contribution in [0, 0.1) is 0 Å². The van der Waals surface area contributed by atoms with Crippen molar-refractivity contribution >= 4 is 11.7 Å². The third-order valence-electron chi connectivity index (χ3n) is 3.84. The van der Waals surface area contributed by atoms with Crippen LogP contribution in [0.4, 0.5) is 10.5 Å². The molecule has 1 aromatic heterocycles. The van der Waals surface area contributed by atoms with Crippen molar-refractivity contribution in [3.05, 3.63) is 72.6 Å². The summed E-state index contributed by atoms with van der Waals surface area (Å²) in [6.45, 7) is 4.48. The summed E-state index contributed by atoms with van der Waals surface area (Å²) in [6.07, 6.45) is 4.63. The molecule has 1 heterocycles. The third kappa shape index (κ3) is 5.60. The van der Waals surface area contributed by atoms with E-state index in [9.17, 15) is 4.79 Å². The van der Waals surface area contributed by atoms with E-state index in [2.05, 4.69) is 15.7 Å². The topological polar surface area (TPSA) is 68.2 Å². The number of anilines is 1. The summed E-state index contributed by atoms with van der Waals surface area (Å²) in [5, 5.41) is 10.0. The molecular weight excluding hydrogens is 340 g/mol. The van der Waals surface area contributed by atoms with Gasteiger partial charge in [-0.2, -0.15) is 5.10 Å². The van der Waals surface area contributed by atoms with E-state index < -0.39 is 0 Å². The molecule has 0 aliphatic rings. The van der Waals surface area contributed by atoms with Crippen molar-refractivity contribution in [1.29, 1.82) is 0 Å². The molecule has 0 radical (unpaired) electrons. The van der Waals surface area contributed by atoms with Crippen LogP contribution in [0.5, 0.6) is 5.75 Å². The average molecular weight is 364 g/mol. The van der Waals surface area contributed by atoms with Crippen LogP contribution in [0.3, 0.4) is 0 Å². The predicted octanol–water partition coefficient (Wildman–Crippen LogP) is 4.02. The Bertz CT molecular complexity index is 857. The first-order chi connectivity index (χ1) is 13.1. The lowest BCUT2D eigenvalue weighted by atomic mass is 10.2. The maximum atomic E-state index is 12.0. The highest BCUT2D eigenvalue weighted by atomic mass is 16.5. The molecule has 0 spiro atoms. The predicted molar refractivity (Wildman–Crippen MR) is 106 cm³/mol. The van der Waals surface area contributed by atoms with Crippen LogP contribution in [0.2, 0.25) is 0 Å². The summed E-state index contributed by atoms with van der Waals surface area (Å²) in [7, 11) is 0. The number of hydrogen-bond donors (Lipinski definition) is 2. The van der Waals surface area contributed by atoms with Gasteiger partial charge >= 0.3 is 6.03 Å². The van der Waals surface area contributed by atoms with Gasteiger partial charge in [0.25, 0.3) is 0 Å². The maximum absolute atomic E-state index is 12.0. The number of hydrogen-bond acceptors (Lipinski definition) is 3. The van der Waals surface area contributed by atoms with E-state index in [1.165, 1.54) is 0 Å². The third-order valence-corrected chi connectivity index (χ3v) is 3.84. The Morgan fingerprint density at radius 1 is 1.11 bits per heavy atom. The normalized spacial score (nSPS) is 10.6. The van der Waals surface area contributed by atoms with Gasteiger partial charge in [0.15, 0.2) is 0 Å². The molecule has 2 amide bonds. The summed E-state index contributed by atoms with van der Waals surface area (Å²) >= 11 is 0. The molecule has 0 saturated heterocycles. The smallest absolute Gasteiger partial charge is 0.319 e. The Balaban J connectivity index is 1.44. The van der Waals surface area contributed by atoms with Gasteiger partial charge in [0.1, 0.15) is 5.75 Å². The molecule has 6 nitrogen and oxygen atoms in total. The Hall–Kier alpha value is -3.28. The van der Waals surface area contributed by atoms with Crippen molar-refractivity contribution in [1.82, 2.24) is 15.1 Å². The van der Waals surface area contributed by atoms with E-state index in [1.54, 1.807) is 0 Å². The second kappa shape index (κ2) is 8.89. The molecule has 0 unspecified atom stereocenters. The summed E-state index contributed by atoms with van der Waals surface area (Å²) in [4.78, 5) is 12.0. The van der Waals surface area contributed by atoms with Crippen molar-refractivity contribution in [2.24, 2.45) is 0 Å². The number of benzene rings is 2. The Morgan fingerprint density at radius 3 is 2.56 bits per heavy atom. The zero-order valence-corrected chi connectivity index (χ0v) is 15.6. The molecule has 0 aliphatic carbocycles. The van der Waals surface area contributed by atoms with Crippen LogP contribution in [0.15, 0.2) is 67.0 Å². The first-order valence-electron chi connectivity index (χ1n) is 9.01. The van der Waals surface area contributed by atoms with Crippen molar-refractivity contribution in [2.45, 2.75) is 26.4 Å². The van der Waals surface area contributed by atoms with Gasteiger partial charge < -0.3 is 15.4 Å². The van der Waals surface area contributed by atoms with E-state index in [1.807, 2.05) is 85.5 Å². The van der Waals surface area contributed by atoms with Gasteiger partial charge in [0.05, 0.1) is 18.0 Å². The zero-order valence-electron chi connectivity index (χ0n) is 15.6. The first kappa shape index (κ1) is 18.5. The van der Waals surface area contributed by atoms with Gasteiger partial charge in [-0.3, -0.25) is 0 Å². The molecular formula is C21H24N4O2. The molecule has 2 aromatic carbocycles. The van der Waals surface area contributed by atoms with Crippen LogP contribution in [0.1, 0.15) is 19.4 Å². The maximum Gasteiger partial charge on any atom is 0.319 e. The van der Waals surface area contributed by atoms with Gasteiger partial charge in [-0.05, 0) is 62.2 Å². The number of nitrogens with zero attached hydrogens (tertiary/aromatic N) is 2. The highest BCUT2D eigenvalue weighted by Gasteiger charge is 2.04. The van der Waals surface area contributed by atoms with Crippen LogP contribution >= 0.6 is 0 Å². The van der Waals surface area contributed by atoms with Gasteiger partial charge in [0, 0.05) is 18.4 Å². The minimum Gasteiger partial charge on any atom is -0.491 e. The van der Waals surface area contributed by atoms with Crippen molar-refractivity contribution in [2.75, 3.05) is 11.9 Å². The van der Waals surface area contributed by atoms with Crippen LogP contribution in [0.25, 0.3) is 5.69 Å². The van der Waals surface area contributed by atoms with E-state index >= 15 is 0 Å². The van der Waals surface area contributed by atoms with Crippen molar-refractivity contribution in [3.8, 4) is 11.4 Å². The number of rotatable bonds is 7. The van der Waals surface area contributed by atoms with Gasteiger partial charge in [0.2, 0.25) is 0 Å². The summed E-state index contributed by atoms with van der Waals surface area (Å²) in [5.74, 6) is 0.784. The Kier molecular flexibility index (Phi) is 6.10. The number of urea groups is 1. The number of ether oxygens (including phenoxy) is 1. The second-order valence-electron chi connectivity index (χ2n) is 6.45. The van der Waals surface area contributed by atoms with Crippen molar-refractivity contribution < 1.29 is 9.53 Å². The number of para-hydroxylation sites is 1. The minimum absolute atomic E-state index is 0.123. The molecule has 0 bridgehead atoms. The first-order valence-corrected chi connectivity index (χ1v) is 9.01. The van der Waals surface area contributed by atoms with Crippen LogP contribution in [-0.2, 0) is 6.42 Å². The number of carbonyl (C=O) groups is 1. The molecule has 0 fully saturated rings. The molecule has 3 aromatic rings. The second-order valence-corrected chi connectivity index (χ2v) is 6.45. The molecule has 0 atom stereocenters. The fourth-order valence-corrected chi connectivity index (χ4v) is 2.60. The Morgan fingerprint density at radius 2 is 1.85 bits per heavy atom. The molecule has 140 valence electrons. The lowest BCUT2D eigenvalue weighted by Gasteiger charge is -2.11. The minimum atomic E-state index is -0.233. The molecule has 2 N–H and O–H groups in total. The Labute approximate surface area is 159 Å². The SMILES string of the molecule is CC(C)Oc1ccc(NC(=O)NCCc2cnn(-c3ccccc3)c2)cc1. The molecule has 6 heteroatoms. The quantitative estimate of drug-likeness (QED) is 0.665. The lowest BCUT2D eigenvalue weighted by molar-refractivity contribution is 0.242. The van der Waals surface area contributed by atoms with E-state index in [4.69, 9.17) is 4.74 Å². The number of nitrogens with one attached hydrogen (secondary N) is 2. The lowest BCUT2D eigenvalue weighted by Crippen LogP contribution is -2.30. The standard InChI is InChI=1S/C21H24N4O2/c1-16(2)27-20-10-8-18(9-11-20)24-21(26)22-13-12-17-14-23-25(15-17)19-6-4-3-5-7-19/h3-11,14-16H,12-13H2,1-2H3,(H2,22,24,26). The fraction of sp³-hybridized carbons (Fsp3) is 0.238. The molecule has 27 heavy (non-hydrogen) atoms. The highest BCUT2D eigenvalue weighted by molar-refractivity contribution is 5.89. The van der Waals surface area contributed by atoms with E-state index in [0.29, 0.717) is 13.0 Å². The number of aromatic nitrogens is 2. The average Bonchev–Trinajstić information content (AvgIpc) is 3.13. The molecule has 3 rings (SSSR count). The summed E-state index contributed by atoms with van der Waals surface area (Å²) < 4.78 is 7.42. The number of carbonyl (C=O) groups excluding carboxylic acids is 1. The largest absolute Gasteiger partial charge is 0.491 e. The van der Waals surface area contributed by atoms with Gasteiger partial charge in [-0.25, -0.2) is 9.48 Å². The van der Waals surface area contributed by atoms with Crippen molar-refractivity contribution in [3.63, 3.8) is 0 Å². The highest BCUT2D eigenvalue weighted by Crippen LogP contribution is 2.16. The molecule has 0 saturated carbocycles. The zero-order chi connectivity index (χ0) is 19.1. The molecule has 0 aliphatic heterocycles. The van der Waals surface area contributed by atoms with E-state index in [-0.39, 0.29) is 12.1 Å².